The number of pyridine rings is 8. The molecule has 13 aromatic heterocycles. The smallest absolute Gasteiger partial charge is 0.251 e. The SMILES string of the molecule is Cc1ccc2cc(NC(=O)Cc3ccc(-n4c(-c5cccnc5N)nc5cc(-c6cccnc6)cnc54)cc3)ccc2n1.Nc1ncccc1-c1nc2ccc(-c3ccco3)nc2n1-c1ccc(CNC(=O)c2cccc(F)c2)cc1.Nc1ncccc1-c1nc2ccc(-c3ccsc3)nc2n1-c1ccc(CNC(=O)c2cccc(F)c2)cc1. The third kappa shape index (κ3) is 16.5. The molecule has 0 bridgehead atoms. The summed E-state index contributed by atoms with van der Waals surface area (Å²) in [6.07, 6.45) is 12.1. The molecule has 24 nitrogen and oxygen atoms in total. The molecule has 0 fully saturated rings. The molecule has 0 atom stereocenters. The Balaban J connectivity index is 0.000000128. The summed E-state index contributed by atoms with van der Waals surface area (Å²) in [5, 5.41) is 13.7. The van der Waals surface area contributed by atoms with E-state index < -0.39 is 11.6 Å². The van der Waals surface area contributed by atoms with Gasteiger partial charge in [0.15, 0.2) is 40.2 Å². The monoisotopic (exact) mass is 1590 g/mol. The van der Waals surface area contributed by atoms with Gasteiger partial charge in [-0.15, -0.1) is 0 Å². The molecule has 19 rings (SSSR count). The van der Waals surface area contributed by atoms with E-state index in [1.54, 1.807) is 60.7 Å². The van der Waals surface area contributed by atoms with Crippen LogP contribution in [0.25, 0.3) is 129 Å². The number of carbonyl (C=O) groups is 3. The molecule has 0 aliphatic heterocycles. The summed E-state index contributed by atoms with van der Waals surface area (Å²) in [5.41, 5.74) is 37.6. The largest absolute Gasteiger partial charge is 0.463 e. The third-order valence-corrected chi connectivity index (χ3v) is 20.2. The normalized spacial score (nSPS) is 11.1. The van der Waals surface area contributed by atoms with Crippen LogP contribution in [0.15, 0.2) is 307 Å². The van der Waals surface area contributed by atoms with E-state index in [0.717, 1.165) is 83.9 Å². The Kier molecular flexibility index (Phi) is 21.3. The van der Waals surface area contributed by atoms with Gasteiger partial charge < -0.3 is 37.6 Å². The number of halogens is 2. The summed E-state index contributed by atoms with van der Waals surface area (Å²) in [4.78, 5) is 88.5. The van der Waals surface area contributed by atoms with Crippen LogP contribution in [0.3, 0.4) is 0 Å². The predicted molar refractivity (Wildman–Crippen MR) is 458 cm³/mol. The summed E-state index contributed by atoms with van der Waals surface area (Å²) in [5.74, 6) is 1.91. The molecule has 0 saturated heterocycles. The van der Waals surface area contributed by atoms with Gasteiger partial charge in [-0.25, -0.2) is 53.6 Å². The van der Waals surface area contributed by atoms with Crippen molar-refractivity contribution in [1.29, 1.82) is 0 Å². The molecule has 580 valence electrons. The van der Waals surface area contributed by atoms with Crippen molar-refractivity contribution in [3.63, 3.8) is 0 Å². The molecule has 3 amide bonds. The number of fused-ring (bicyclic) bond motifs is 4. The minimum atomic E-state index is -0.455. The van der Waals surface area contributed by atoms with Crippen LogP contribution in [-0.4, -0.2) is 86.2 Å². The lowest BCUT2D eigenvalue weighted by Crippen LogP contribution is -2.22. The fourth-order valence-electron chi connectivity index (χ4n) is 13.6. The number of anilines is 4. The highest BCUT2D eigenvalue weighted by molar-refractivity contribution is 7.08. The number of nitrogen functional groups attached to an aromatic ring is 3. The van der Waals surface area contributed by atoms with Gasteiger partial charge in [-0.1, -0.05) is 60.7 Å². The maximum atomic E-state index is 13.5. The zero-order chi connectivity index (χ0) is 81.5. The van der Waals surface area contributed by atoms with Gasteiger partial charge in [-0.05, 0) is 217 Å². The third-order valence-electron chi connectivity index (χ3n) is 19.5. The number of benzene rings is 6. The predicted octanol–water partition coefficient (Wildman–Crippen LogP) is 17.4. The highest BCUT2D eigenvalue weighted by Gasteiger charge is 2.24. The molecule has 27 heteroatoms. The lowest BCUT2D eigenvalue weighted by Gasteiger charge is -2.12. The number of hydrogen-bond donors (Lipinski definition) is 6. The number of furan rings is 1. The van der Waals surface area contributed by atoms with Crippen LogP contribution < -0.4 is 33.2 Å². The van der Waals surface area contributed by atoms with E-state index in [2.05, 4.69) is 46.3 Å². The number of amides is 3. The first-order chi connectivity index (χ1) is 58.1. The number of aryl methyl sites for hydroxylation is 1. The van der Waals surface area contributed by atoms with E-state index in [0.29, 0.717) is 97.6 Å². The van der Waals surface area contributed by atoms with E-state index in [-0.39, 0.29) is 41.8 Å². The topological polar surface area (TPSA) is 335 Å². The quantitative estimate of drug-likeness (QED) is 0.0465. The molecular formula is C92H68F2N20O4S. The van der Waals surface area contributed by atoms with E-state index in [9.17, 15) is 23.2 Å². The van der Waals surface area contributed by atoms with Gasteiger partial charge in [0.1, 0.15) is 51.3 Å². The molecule has 0 aliphatic rings. The summed E-state index contributed by atoms with van der Waals surface area (Å²) < 4.78 is 38.3. The average Bonchev–Trinajstić information content (AvgIpc) is 1.62. The van der Waals surface area contributed by atoms with Gasteiger partial charge in [0.05, 0.1) is 40.6 Å². The van der Waals surface area contributed by atoms with Crippen molar-refractivity contribution >= 4 is 96.6 Å². The van der Waals surface area contributed by atoms with Crippen LogP contribution in [0.4, 0.5) is 31.9 Å². The molecule has 13 heterocycles. The minimum absolute atomic E-state index is 0.103. The molecule has 0 aliphatic carbocycles. The number of aromatic nitrogens is 14. The lowest BCUT2D eigenvalue weighted by atomic mass is 10.1. The first-order valence-corrected chi connectivity index (χ1v) is 38.4. The molecule has 9 N–H and O–H groups in total. The van der Waals surface area contributed by atoms with Crippen LogP contribution in [0.5, 0.6) is 0 Å². The number of nitrogens with one attached hydrogen (secondary N) is 3. The van der Waals surface area contributed by atoms with Gasteiger partial charge in [0.25, 0.3) is 11.8 Å². The van der Waals surface area contributed by atoms with Crippen molar-refractivity contribution in [2.45, 2.75) is 26.4 Å². The lowest BCUT2D eigenvalue weighted by molar-refractivity contribution is -0.115. The zero-order valence-corrected chi connectivity index (χ0v) is 64.1. The van der Waals surface area contributed by atoms with Crippen molar-refractivity contribution in [1.82, 2.24) is 79.2 Å². The molecular weight excluding hydrogens is 1520 g/mol. The highest BCUT2D eigenvalue weighted by atomic mass is 32.1. The van der Waals surface area contributed by atoms with Crippen molar-refractivity contribution in [3.8, 4) is 85.1 Å². The second kappa shape index (κ2) is 33.5. The molecule has 19 aromatic rings. The van der Waals surface area contributed by atoms with Crippen LogP contribution in [0.1, 0.15) is 43.1 Å². The second-order valence-electron chi connectivity index (χ2n) is 27.5. The Bertz CT molecular complexity index is 6700. The number of hydrogen-bond acceptors (Lipinski definition) is 19. The minimum Gasteiger partial charge on any atom is -0.463 e. The van der Waals surface area contributed by atoms with Gasteiger partial charge in [-0.2, -0.15) is 11.3 Å². The number of rotatable bonds is 18. The Morgan fingerprint density at radius 2 is 0.966 bits per heavy atom. The van der Waals surface area contributed by atoms with Crippen LogP contribution in [-0.2, 0) is 24.3 Å². The molecule has 6 aromatic carbocycles. The number of imidazole rings is 3. The number of nitrogens with zero attached hydrogens (tertiary/aromatic N) is 14. The fraction of sp³-hybridized carbons (Fsp3) is 0.0435. The Labute approximate surface area is 681 Å². The molecule has 0 unspecified atom stereocenters. The van der Waals surface area contributed by atoms with Gasteiger partial charge in [-0.3, -0.25) is 38.1 Å². The standard InChI is InChI=1S/C34H26N8O.C29H21FN6O2.C29H21FN6OS/c1-21-6-9-23-17-26(10-13-29(23)39-21)40-31(43)16-22-7-11-27(12-8-22)42-33(28-5-3-15-37-32(28)35)41-30-18-25(20-38-34(30)42)24-4-2-14-36-19-24;30-20-5-1-4-19(16-20)29(37)33-17-18-8-10-21(11-9-18)36-27(22-6-2-14-32-26(22)31)35-24-13-12-23(34-28(24)36)25-7-3-15-38-25;30-21-4-1-3-19(15-21)29(37)33-16-18-6-8-22(9-7-18)36-27(23-5-2-13-32-26(23)31)35-25-11-10-24(34-28(25)36)20-12-14-38-17-20/h2-15,17-20H,16H2,1H3,(H2,35,37)(H,40,43);1-16H,17H2,(H2,31,32)(H,33,37);1-15,17H,16H2,(H2,31,32)(H,33,37). The molecule has 119 heavy (non-hydrogen) atoms. The second-order valence-corrected chi connectivity index (χ2v) is 28.2. The Morgan fingerprint density at radius 3 is 1.49 bits per heavy atom. The number of carbonyl (C=O) groups excluding carboxylic acids is 3. The Morgan fingerprint density at radius 1 is 0.437 bits per heavy atom. The summed E-state index contributed by atoms with van der Waals surface area (Å²) in [6, 6.07) is 74.4. The maximum absolute atomic E-state index is 13.5. The zero-order valence-electron chi connectivity index (χ0n) is 63.3. The van der Waals surface area contributed by atoms with Crippen molar-refractivity contribution in [3.05, 3.63) is 348 Å². The van der Waals surface area contributed by atoms with Crippen molar-refractivity contribution in [2.75, 3.05) is 22.5 Å². The highest BCUT2D eigenvalue weighted by Crippen LogP contribution is 2.37. The first-order valence-electron chi connectivity index (χ1n) is 37.4. The summed E-state index contributed by atoms with van der Waals surface area (Å²) in [6.45, 7) is 2.54. The molecule has 0 saturated carbocycles. The van der Waals surface area contributed by atoms with Gasteiger partial charge >= 0.3 is 0 Å². The summed E-state index contributed by atoms with van der Waals surface area (Å²) >= 11 is 1.62. The van der Waals surface area contributed by atoms with Crippen LogP contribution in [0.2, 0.25) is 0 Å². The van der Waals surface area contributed by atoms with Crippen LogP contribution >= 0.6 is 11.3 Å². The van der Waals surface area contributed by atoms with E-state index >= 15 is 0 Å². The van der Waals surface area contributed by atoms with Crippen molar-refractivity contribution in [2.24, 2.45) is 0 Å². The van der Waals surface area contributed by atoms with Crippen LogP contribution in [0, 0.1) is 18.6 Å². The van der Waals surface area contributed by atoms with Crippen molar-refractivity contribution < 1.29 is 27.6 Å². The van der Waals surface area contributed by atoms with E-state index in [4.69, 9.17) is 51.5 Å². The Hall–Kier alpha value is -16.2. The average molecular weight is 1590 g/mol. The van der Waals surface area contributed by atoms with Gasteiger partial charge in [0.2, 0.25) is 5.91 Å². The molecule has 0 radical (unpaired) electrons. The van der Waals surface area contributed by atoms with Gasteiger partial charge in [0, 0.05) is 117 Å². The van der Waals surface area contributed by atoms with E-state index in [1.807, 2.05) is 232 Å². The fourth-order valence-corrected chi connectivity index (χ4v) is 14.3. The number of thiophene rings is 1. The summed E-state index contributed by atoms with van der Waals surface area (Å²) in [7, 11) is 0. The molecule has 0 spiro atoms. The maximum Gasteiger partial charge on any atom is 0.251 e. The first kappa shape index (κ1) is 75.5. The van der Waals surface area contributed by atoms with E-state index in [1.165, 1.54) is 36.4 Å². The number of nitrogens with two attached hydrogens (primary N) is 3.